The van der Waals surface area contributed by atoms with E-state index in [1.165, 1.54) is 44.9 Å². The van der Waals surface area contributed by atoms with Crippen molar-refractivity contribution in [3.8, 4) is 0 Å². The highest BCUT2D eigenvalue weighted by molar-refractivity contribution is 7.57. The van der Waals surface area contributed by atoms with E-state index in [1.54, 1.807) is 0 Å². The van der Waals surface area contributed by atoms with Crippen molar-refractivity contribution < 1.29 is 19.8 Å². The van der Waals surface area contributed by atoms with Crippen LogP contribution in [0.2, 0.25) is 0 Å². The molecule has 4 aliphatic rings. The molecular formula is C23H41O4P. The molecule has 0 aromatic rings. The zero-order chi connectivity index (χ0) is 20.3. The van der Waals surface area contributed by atoms with Gasteiger partial charge in [0.25, 0.3) is 0 Å². The van der Waals surface area contributed by atoms with Crippen LogP contribution in [0.1, 0.15) is 85.0 Å². The first-order valence-electron chi connectivity index (χ1n) is 11.8. The lowest BCUT2D eigenvalue weighted by Crippen LogP contribution is -2.54. The minimum absolute atomic E-state index is 0.0412. The van der Waals surface area contributed by atoms with E-state index < -0.39 is 7.94 Å². The van der Waals surface area contributed by atoms with Gasteiger partial charge in [-0.3, -0.25) is 0 Å². The average molecular weight is 413 g/mol. The van der Waals surface area contributed by atoms with Gasteiger partial charge in [0.2, 0.25) is 7.94 Å². The Morgan fingerprint density at radius 1 is 0.964 bits per heavy atom. The zero-order valence-corrected chi connectivity index (χ0v) is 18.9. The van der Waals surface area contributed by atoms with Crippen LogP contribution in [0, 0.1) is 46.3 Å². The molecule has 3 N–H and O–H groups in total. The lowest BCUT2D eigenvalue weighted by Gasteiger charge is -2.61. The smallest absolute Gasteiger partial charge is 0.230 e. The predicted octanol–water partition coefficient (Wildman–Crippen LogP) is 4.14. The molecule has 4 aliphatic carbocycles. The highest BCUT2D eigenvalue weighted by Gasteiger charge is 2.60. The SMILES string of the molecule is C[C@H](CC[P+]([O-])(O)O)[C@H]1CC[C@H]2[C@@H]3CC[C@@H]4C[C@H](O)CC[C@]4(C)[C@H]3CC[C@]12C. The van der Waals surface area contributed by atoms with E-state index in [4.69, 9.17) is 0 Å². The quantitative estimate of drug-likeness (QED) is 0.606. The summed E-state index contributed by atoms with van der Waals surface area (Å²) in [6, 6.07) is 0. The first kappa shape index (κ1) is 21.5. The summed E-state index contributed by atoms with van der Waals surface area (Å²) in [6.07, 6.45) is 11.6. The fourth-order valence-electron chi connectivity index (χ4n) is 8.78. The zero-order valence-electron chi connectivity index (χ0n) is 18.0. The van der Waals surface area contributed by atoms with Crippen LogP contribution in [0.4, 0.5) is 0 Å². The van der Waals surface area contributed by atoms with Gasteiger partial charge in [0, 0.05) is 0 Å². The number of aliphatic hydroxyl groups is 1. The Bertz CT molecular complexity index is 577. The van der Waals surface area contributed by atoms with Crippen LogP contribution in [0.25, 0.3) is 0 Å². The van der Waals surface area contributed by atoms with Crippen LogP contribution in [0.3, 0.4) is 0 Å². The van der Waals surface area contributed by atoms with E-state index in [0.717, 1.165) is 30.6 Å². The molecule has 0 aromatic heterocycles. The van der Waals surface area contributed by atoms with Gasteiger partial charge >= 0.3 is 0 Å². The monoisotopic (exact) mass is 412 g/mol. The molecule has 0 amide bonds. The largest absolute Gasteiger partial charge is 0.632 e. The first-order valence-corrected chi connectivity index (χ1v) is 13.6. The fourth-order valence-corrected chi connectivity index (χ4v) is 9.53. The van der Waals surface area contributed by atoms with Crippen LogP contribution in [0.5, 0.6) is 0 Å². The molecule has 162 valence electrons. The fraction of sp³-hybridized carbons (Fsp3) is 1.00. The number of fused-ring (bicyclic) bond motifs is 5. The topological polar surface area (TPSA) is 83.8 Å². The molecule has 4 saturated carbocycles. The normalized spacial score (nSPS) is 49.8. The lowest BCUT2D eigenvalue weighted by molar-refractivity contribution is -0.208. The Labute approximate surface area is 171 Å². The van der Waals surface area contributed by atoms with Gasteiger partial charge < -0.3 is 10.00 Å². The number of rotatable bonds is 4. The van der Waals surface area contributed by atoms with Gasteiger partial charge in [-0.1, -0.05) is 20.8 Å². The van der Waals surface area contributed by atoms with Gasteiger partial charge in [-0.2, -0.15) is 0 Å². The van der Waals surface area contributed by atoms with Gasteiger partial charge in [-0.15, -0.1) is 0 Å². The summed E-state index contributed by atoms with van der Waals surface area (Å²) in [4.78, 5) is 30.0. The third-order valence-electron chi connectivity index (χ3n) is 10.3. The third-order valence-corrected chi connectivity index (χ3v) is 11.1. The third kappa shape index (κ3) is 3.60. The molecule has 4 fully saturated rings. The van der Waals surface area contributed by atoms with Crippen molar-refractivity contribution >= 4 is 7.94 Å². The van der Waals surface area contributed by atoms with Crippen molar-refractivity contribution in [1.29, 1.82) is 0 Å². The van der Waals surface area contributed by atoms with Crippen molar-refractivity contribution in [1.82, 2.24) is 0 Å². The van der Waals surface area contributed by atoms with Crippen LogP contribution in [-0.2, 0) is 0 Å². The molecule has 4 nitrogen and oxygen atoms in total. The second-order valence-electron chi connectivity index (χ2n) is 11.5. The van der Waals surface area contributed by atoms with Gasteiger partial charge in [-0.25, -0.2) is 9.79 Å². The highest BCUT2D eigenvalue weighted by atomic mass is 31.2. The number of hydrogen-bond donors (Lipinski definition) is 3. The maximum Gasteiger partial charge on any atom is 0.230 e. The van der Waals surface area contributed by atoms with Crippen molar-refractivity contribution in [3.63, 3.8) is 0 Å². The second kappa shape index (κ2) is 7.45. The summed E-state index contributed by atoms with van der Waals surface area (Å²) in [5.41, 5.74) is 0.778. The summed E-state index contributed by atoms with van der Waals surface area (Å²) in [5.74, 6) is 4.16. The number of hydrogen-bond acceptors (Lipinski definition) is 4. The summed E-state index contributed by atoms with van der Waals surface area (Å²) in [5, 5.41) is 10.2. The minimum Gasteiger partial charge on any atom is -0.632 e. The molecule has 0 radical (unpaired) electrons. The van der Waals surface area contributed by atoms with Crippen molar-refractivity contribution in [3.05, 3.63) is 0 Å². The summed E-state index contributed by atoms with van der Waals surface area (Å²) < 4.78 is 0. The van der Waals surface area contributed by atoms with E-state index in [1.807, 2.05) is 0 Å². The predicted molar refractivity (Wildman–Crippen MR) is 111 cm³/mol. The summed E-state index contributed by atoms with van der Waals surface area (Å²) in [6.45, 7) is 7.29. The summed E-state index contributed by atoms with van der Waals surface area (Å²) >= 11 is 0. The Morgan fingerprint density at radius 3 is 2.36 bits per heavy atom. The minimum atomic E-state index is -3.89. The maximum atomic E-state index is 11.4. The summed E-state index contributed by atoms with van der Waals surface area (Å²) in [7, 11) is -3.89. The molecule has 28 heavy (non-hydrogen) atoms. The van der Waals surface area contributed by atoms with Gasteiger partial charge in [0.05, 0.1) is 6.10 Å². The van der Waals surface area contributed by atoms with Crippen LogP contribution < -0.4 is 4.89 Å². The molecule has 5 heteroatoms. The van der Waals surface area contributed by atoms with Crippen LogP contribution in [0.15, 0.2) is 0 Å². The molecule has 0 aromatic carbocycles. The number of aliphatic hydroxyl groups excluding tert-OH is 1. The van der Waals surface area contributed by atoms with Crippen molar-refractivity contribution in [2.45, 2.75) is 91.1 Å². The molecule has 4 rings (SSSR count). The van der Waals surface area contributed by atoms with Crippen molar-refractivity contribution in [2.24, 2.45) is 46.3 Å². The standard InChI is InChI=1S/C23H41O4P/c1-15(10-13-28(25,26)27)19-6-7-20-18-5-4-16-14-17(24)8-11-22(16,2)21(18)9-12-23(19,20)3/h15-21,24H,4-14H2,1-3H3,(H2,25,26,27)/t15-,16-,17-,18+,19-,20+,21+,22+,23-/m1/s1. The molecule has 0 saturated heterocycles. The first-order chi connectivity index (χ1) is 13.0. The van der Waals surface area contributed by atoms with Gasteiger partial charge in [-0.05, 0) is 111 Å². The van der Waals surface area contributed by atoms with Gasteiger partial charge in [0.1, 0.15) is 6.16 Å². The Morgan fingerprint density at radius 2 is 1.64 bits per heavy atom. The maximum absolute atomic E-state index is 11.4. The molecule has 0 unspecified atom stereocenters. The van der Waals surface area contributed by atoms with Crippen LogP contribution >= 0.6 is 7.94 Å². The molecular weight excluding hydrogens is 371 g/mol. The van der Waals surface area contributed by atoms with E-state index >= 15 is 0 Å². The Kier molecular flexibility index (Phi) is 5.72. The van der Waals surface area contributed by atoms with E-state index in [-0.39, 0.29) is 12.3 Å². The Balaban J connectivity index is 1.49. The Hall–Kier alpha value is 0.270. The lowest BCUT2D eigenvalue weighted by atomic mass is 9.44. The van der Waals surface area contributed by atoms with Crippen LogP contribution in [-0.4, -0.2) is 27.2 Å². The molecule has 0 bridgehead atoms. The molecule has 0 heterocycles. The van der Waals surface area contributed by atoms with E-state index in [9.17, 15) is 19.8 Å². The average Bonchev–Trinajstić information content (AvgIpc) is 2.97. The highest BCUT2D eigenvalue weighted by Crippen LogP contribution is 2.68. The van der Waals surface area contributed by atoms with Crippen molar-refractivity contribution in [2.75, 3.05) is 6.16 Å². The van der Waals surface area contributed by atoms with E-state index in [0.29, 0.717) is 35.0 Å². The molecule has 0 aliphatic heterocycles. The second-order valence-corrected chi connectivity index (χ2v) is 13.2. The molecule has 9 atom stereocenters. The van der Waals surface area contributed by atoms with Gasteiger partial charge in [0.15, 0.2) is 0 Å². The van der Waals surface area contributed by atoms with E-state index in [2.05, 4.69) is 20.8 Å². The molecule has 0 spiro atoms.